The highest BCUT2D eigenvalue weighted by atomic mass is 16.5. The molecule has 1 heterocycles. The summed E-state index contributed by atoms with van der Waals surface area (Å²) in [5, 5.41) is 10.2. The maximum absolute atomic E-state index is 11.7. The van der Waals surface area contributed by atoms with E-state index in [4.69, 9.17) is 4.74 Å². The monoisotopic (exact) mass is 307 g/mol. The van der Waals surface area contributed by atoms with Gasteiger partial charge >= 0.3 is 5.97 Å². The third-order valence-electron chi connectivity index (χ3n) is 3.90. The van der Waals surface area contributed by atoms with Crippen molar-refractivity contribution >= 4 is 16.9 Å². The van der Waals surface area contributed by atoms with Gasteiger partial charge in [-0.25, -0.2) is 9.78 Å². The molecule has 0 bridgehead atoms. The van der Waals surface area contributed by atoms with Crippen LogP contribution in [0.2, 0.25) is 0 Å². The molecule has 1 aromatic heterocycles. The first-order valence-corrected chi connectivity index (χ1v) is 7.30. The van der Waals surface area contributed by atoms with Crippen LogP contribution < -0.4 is 4.74 Å². The summed E-state index contributed by atoms with van der Waals surface area (Å²) in [6.07, 6.45) is 0. The number of methoxy groups -OCH3 is 1. The normalized spacial score (nSPS) is 10.7. The molecule has 0 saturated carbocycles. The number of aromatic carboxylic acids is 1. The van der Waals surface area contributed by atoms with Gasteiger partial charge < -0.3 is 9.84 Å². The Balaban J connectivity index is 2.35. The summed E-state index contributed by atoms with van der Waals surface area (Å²) in [7, 11) is 1.60. The standard InChI is InChI=1S/C19H17NO3/c1-11-7-8-14(17(9-11)23-3)16-10-15(19(21)22)13-6-4-5-12(2)18(13)20-16/h4-10H,1-3H3,(H,21,22). The molecule has 0 amide bonds. The third kappa shape index (κ3) is 2.63. The van der Waals surface area contributed by atoms with E-state index in [1.165, 1.54) is 0 Å². The first-order chi connectivity index (χ1) is 11.0. The predicted octanol–water partition coefficient (Wildman–Crippen LogP) is 4.23. The van der Waals surface area contributed by atoms with Gasteiger partial charge in [0, 0.05) is 10.9 Å². The number of nitrogens with zero attached hydrogens (tertiary/aromatic N) is 1. The molecule has 0 aliphatic rings. The fourth-order valence-electron chi connectivity index (χ4n) is 2.72. The van der Waals surface area contributed by atoms with Crippen LogP contribution in [0.1, 0.15) is 21.5 Å². The first kappa shape index (κ1) is 15.0. The largest absolute Gasteiger partial charge is 0.496 e. The lowest BCUT2D eigenvalue weighted by molar-refractivity contribution is 0.0699. The van der Waals surface area contributed by atoms with Crippen LogP contribution in [0.3, 0.4) is 0 Å². The van der Waals surface area contributed by atoms with Gasteiger partial charge in [-0.1, -0.05) is 24.3 Å². The van der Waals surface area contributed by atoms with Gasteiger partial charge in [-0.2, -0.15) is 0 Å². The molecule has 0 radical (unpaired) electrons. The van der Waals surface area contributed by atoms with Gasteiger partial charge in [-0.15, -0.1) is 0 Å². The van der Waals surface area contributed by atoms with Gasteiger partial charge in [0.2, 0.25) is 0 Å². The average Bonchev–Trinajstić information content (AvgIpc) is 2.54. The van der Waals surface area contributed by atoms with Crippen molar-refractivity contribution < 1.29 is 14.6 Å². The maximum Gasteiger partial charge on any atom is 0.336 e. The van der Waals surface area contributed by atoms with Crippen molar-refractivity contribution in [2.24, 2.45) is 0 Å². The smallest absolute Gasteiger partial charge is 0.336 e. The summed E-state index contributed by atoms with van der Waals surface area (Å²) in [4.78, 5) is 16.3. The molecule has 3 aromatic rings. The fraction of sp³-hybridized carbons (Fsp3) is 0.158. The molecule has 4 nitrogen and oxygen atoms in total. The SMILES string of the molecule is COc1cc(C)ccc1-c1cc(C(=O)O)c2cccc(C)c2n1. The highest BCUT2D eigenvalue weighted by Gasteiger charge is 2.16. The first-order valence-electron chi connectivity index (χ1n) is 7.30. The van der Waals surface area contributed by atoms with Crippen molar-refractivity contribution in [1.82, 2.24) is 4.98 Å². The number of rotatable bonds is 3. The average molecular weight is 307 g/mol. The second-order valence-corrected chi connectivity index (χ2v) is 5.54. The van der Waals surface area contributed by atoms with Crippen LogP contribution in [-0.2, 0) is 0 Å². The Hall–Kier alpha value is -2.88. The number of carboxylic acid groups (broad SMARTS) is 1. The number of pyridine rings is 1. The minimum Gasteiger partial charge on any atom is -0.496 e. The van der Waals surface area contributed by atoms with E-state index in [0.29, 0.717) is 22.3 Å². The molecular weight excluding hydrogens is 290 g/mol. The molecule has 2 aromatic carbocycles. The summed E-state index contributed by atoms with van der Waals surface area (Å²) in [6, 6.07) is 13.0. The van der Waals surface area contributed by atoms with E-state index in [2.05, 4.69) is 4.98 Å². The molecule has 3 rings (SSSR count). The summed E-state index contributed by atoms with van der Waals surface area (Å²) in [6.45, 7) is 3.91. The molecule has 0 spiro atoms. The van der Waals surface area contributed by atoms with Crippen molar-refractivity contribution in [3.8, 4) is 17.0 Å². The van der Waals surface area contributed by atoms with E-state index in [1.807, 2.05) is 44.2 Å². The molecule has 1 N–H and O–H groups in total. The molecule has 0 saturated heterocycles. The Bertz CT molecular complexity index is 916. The second-order valence-electron chi connectivity index (χ2n) is 5.54. The number of benzene rings is 2. The number of fused-ring (bicyclic) bond motifs is 1. The number of aryl methyl sites for hydroxylation is 2. The predicted molar refractivity (Wildman–Crippen MR) is 90.2 cm³/mol. The number of hydrogen-bond donors (Lipinski definition) is 1. The molecule has 0 unspecified atom stereocenters. The van der Waals surface area contributed by atoms with Crippen molar-refractivity contribution in [3.63, 3.8) is 0 Å². The topological polar surface area (TPSA) is 59.4 Å². The Morgan fingerprint density at radius 2 is 1.91 bits per heavy atom. The van der Waals surface area contributed by atoms with Crippen molar-refractivity contribution in [3.05, 3.63) is 59.2 Å². The summed E-state index contributed by atoms with van der Waals surface area (Å²) in [5.41, 5.74) is 4.34. The Morgan fingerprint density at radius 3 is 2.61 bits per heavy atom. The van der Waals surface area contributed by atoms with E-state index in [0.717, 1.165) is 16.7 Å². The molecule has 0 aliphatic carbocycles. The van der Waals surface area contributed by atoms with E-state index in [9.17, 15) is 9.90 Å². The van der Waals surface area contributed by atoms with Crippen molar-refractivity contribution in [2.45, 2.75) is 13.8 Å². The van der Waals surface area contributed by atoms with Gasteiger partial charge in [0.25, 0.3) is 0 Å². The molecule has 0 atom stereocenters. The van der Waals surface area contributed by atoms with E-state index in [1.54, 1.807) is 19.2 Å². The molecule has 0 fully saturated rings. The van der Waals surface area contributed by atoms with Crippen LogP contribution in [-0.4, -0.2) is 23.2 Å². The zero-order valence-corrected chi connectivity index (χ0v) is 13.3. The number of carboxylic acids is 1. The van der Waals surface area contributed by atoms with Crippen LogP contribution >= 0.6 is 0 Å². The highest BCUT2D eigenvalue weighted by molar-refractivity contribution is 6.04. The summed E-state index contributed by atoms with van der Waals surface area (Å²) in [5.74, 6) is -0.280. The number of ether oxygens (including phenoxy) is 1. The lowest BCUT2D eigenvalue weighted by atomic mass is 10.0. The number of aromatic nitrogens is 1. The quantitative estimate of drug-likeness (QED) is 0.787. The van der Waals surface area contributed by atoms with Crippen LogP contribution in [0.25, 0.3) is 22.2 Å². The molecule has 116 valence electrons. The van der Waals surface area contributed by atoms with Crippen LogP contribution in [0.5, 0.6) is 5.75 Å². The van der Waals surface area contributed by atoms with Gasteiger partial charge in [0.15, 0.2) is 0 Å². The Labute approximate surface area is 134 Å². The van der Waals surface area contributed by atoms with E-state index in [-0.39, 0.29) is 5.56 Å². The Kier molecular flexibility index (Phi) is 3.74. The highest BCUT2D eigenvalue weighted by Crippen LogP contribution is 2.33. The molecular formula is C19H17NO3. The number of hydrogen-bond acceptors (Lipinski definition) is 3. The molecule has 0 aliphatic heterocycles. The zero-order chi connectivity index (χ0) is 16.6. The zero-order valence-electron chi connectivity index (χ0n) is 13.3. The molecule has 23 heavy (non-hydrogen) atoms. The van der Waals surface area contributed by atoms with Gasteiger partial charge in [-0.3, -0.25) is 0 Å². The number of para-hydroxylation sites is 1. The van der Waals surface area contributed by atoms with Crippen LogP contribution in [0.15, 0.2) is 42.5 Å². The van der Waals surface area contributed by atoms with E-state index < -0.39 is 5.97 Å². The number of carbonyl (C=O) groups is 1. The molecule has 4 heteroatoms. The van der Waals surface area contributed by atoms with Crippen LogP contribution in [0.4, 0.5) is 0 Å². The minimum atomic E-state index is -0.963. The van der Waals surface area contributed by atoms with Crippen molar-refractivity contribution in [1.29, 1.82) is 0 Å². The minimum absolute atomic E-state index is 0.247. The van der Waals surface area contributed by atoms with Gasteiger partial charge in [0.05, 0.1) is 23.9 Å². The van der Waals surface area contributed by atoms with E-state index >= 15 is 0 Å². The lowest BCUT2D eigenvalue weighted by Gasteiger charge is -2.12. The van der Waals surface area contributed by atoms with Crippen LogP contribution in [0, 0.1) is 13.8 Å². The summed E-state index contributed by atoms with van der Waals surface area (Å²) >= 11 is 0. The van der Waals surface area contributed by atoms with Gasteiger partial charge in [0.1, 0.15) is 5.75 Å². The second kappa shape index (κ2) is 5.72. The fourth-order valence-corrected chi connectivity index (χ4v) is 2.72. The lowest BCUT2D eigenvalue weighted by Crippen LogP contribution is -2.01. The summed E-state index contributed by atoms with van der Waals surface area (Å²) < 4.78 is 5.44. The van der Waals surface area contributed by atoms with Crippen molar-refractivity contribution in [2.75, 3.05) is 7.11 Å². The third-order valence-corrected chi connectivity index (χ3v) is 3.90. The maximum atomic E-state index is 11.7. The Morgan fingerprint density at radius 1 is 1.13 bits per heavy atom. The van der Waals surface area contributed by atoms with Gasteiger partial charge in [-0.05, 0) is 43.2 Å².